The summed E-state index contributed by atoms with van der Waals surface area (Å²) in [5.41, 5.74) is 12.2. The maximum atomic E-state index is 6.34. The average Bonchev–Trinajstić information content (AvgIpc) is 3.41. The minimum Gasteiger partial charge on any atom is -0.457 e. The molecule has 46 heavy (non-hydrogen) atoms. The van der Waals surface area contributed by atoms with Gasteiger partial charge in [-0.25, -0.2) is 0 Å². The highest BCUT2D eigenvalue weighted by molar-refractivity contribution is 6.09. The van der Waals surface area contributed by atoms with Crippen molar-refractivity contribution in [1.29, 1.82) is 0 Å². The highest BCUT2D eigenvalue weighted by Gasteiger charge is 2.20. The molecule has 0 saturated heterocycles. The summed E-state index contributed by atoms with van der Waals surface area (Å²) in [6, 6.07) is 41.8. The summed E-state index contributed by atoms with van der Waals surface area (Å²) in [7, 11) is 0. The minimum atomic E-state index is 0.124. The SMILES string of the molecule is c1cncc(-c2cc(-c3cccnc3)cc(-c3ccc4c(c3)-c3ccc(-c5cccc6c5oc5ccccc56)cc3OCO4)c2)c1. The molecular formula is C41H26N2O3. The summed E-state index contributed by atoms with van der Waals surface area (Å²) in [4.78, 5) is 8.73. The van der Waals surface area contributed by atoms with Gasteiger partial charge in [0.15, 0.2) is 0 Å². The molecule has 5 aromatic carbocycles. The molecule has 5 nitrogen and oxygen atoms in total. The molecule has 0 N–H and O–H groups in total. The number of fused-ring (bicyclic) bond motifs is 6. The zero-order valence-corrected chi connectivity index (χ0v) is 24.7. The third-order valence-electron chi connectivity index (χ3n) is 8.65. The standard InChI is InChI=1S/C41H26N2O3/c1-2-11-39-34(8-1)36-10-3-9-33(41(36)46-39)27-12-14-35-37-21-26(13-15-38(37)44-25-45-40(35)22-27)30-18-31(28-6-4-16-42-23-28)20-32(19-30)29-7-5-17-43-24-29/h1-24H,25H2. The first kappa shape index (κ1) is 26.2. The van der Waals surface area contributed by atoms with Crippen LogP contribution >= 0.6 is 0 Å². The van der Waals surface area contributed by atoms with Crippen molar-refractivity contribution in [3.8, 4) is 67.1 Å². The van der Waals surface area contributed by atoms with E-state index in [0.717, 1.165) is 89.1 Å². The van der Waals surface area contributed by atoms with Crippen LogP contribution in [-0.4, -0.2) is 16.8 Å². The van der Waals surface area contributed by atoms with E-state index in [9.17, 15) is 0 Å². The van der Waals surface area contributed by atoms with E-state index in [1.54, 1.807) is 12.4 Å². The number of hydrogen-bond donors (Lipinski definition) is 0. The molecule has 0 aliphatic carbocycles. The number of para-hydroxylation sites is 2. The van der Waals surface area contributed by atoms with Gasteiger partial charge in [-0.05, 0) is 88.5 Å². The van der Waals surface area contributed by atoms with E-state index in [2.05, 4.69) is 94.9 Å². The van der Waals surface area contributed by atoms with Gasteiger partial charge in [-0.3, -0.25) is 9.97 Å². The van der Waals surface area contributed by atoms with Gasteiger partial charge in [0.1, 0.15) is 22.7 Å². The molecule has 1 aliphatic heterocycles. The first-order chi connectivity index (χ1) is 22.8. The first-order valence-electron chi connectivity index (χ1n) is 15.2. The smallest absolute Gasteiger partial charge is 0.230 e. The van der Waals surface area contributed by atoms with Crippen LogP contribution in [0.3, 0.4) is 0 Å². The molecule has 9 rings (SSSR count). The van der Waals surface area contributed by atoms with Crippen molar-refractivity contribution in [2.24, 2.45) is 0 Å². The maximum absolute atomic E-state index is 6.34. The van der Waals surface area contributed by atoms with Crippen LogP contribution in [0.25, 0.3) is 77.6 Å². The van der Waals surface area contributed by atoms with Crippen molar-refractivity contribution >= 4 is 21.9 Å². The quantitative estimate of drug-likeness (QED) is 0.203. The van der Waals surface area contributed by atoms with Crippen molar-refractivity contribution in [1.82, 2.24) is 9.97 Å². The lowest BCUT2D eigenvalue weighted by Crippen LogP contribution is -2.03. The summed E-state index contributed by atoms with van der Waals surface area (Å²) in [6.07, 6.45) is 7.38. The summed E-state index contributed by atoms with van der Waals surface area (Å²) < 4.78 is 18.6. The Morgan fingerprint density at radius 2 is 1.13 bits per heavy atom. The molecule has 0 radical (unpaired) electrons. The Labute approximate surface area is 265 Å². The molecule has 0 spiro atoms. The second-order valence-electron chi connectivity index (χ2n) is 11.4. The molecule has 4 heterocycles. The molecule has 1 aliphatic rings. The van der Waals surface area contributed by atoms with Crippen LogP contribution in [0.15, 0.2) is 151 Å². The molecule has 5 heteroatoms. The molecular weight excluding hydrogens is 568 g/mol. The molecule has 0 atom stereocenters. The zero-order chi connectivity index (χ0) is 30.5. The molecule has 0 amide bonds. The average molecular weight is 595 g/mol. The predicted molar refractivity (Wildman–Crippen MR) is 183 cm³/mol. The predicted octanol–water partition coefficient (Wildman–Crippen LogP) is 10.4. The first-order valence-corrected chi connectivity index (χ1v) is 15.2. The minimum absolute atomic E-state index is 0.124. The third-order valence-corrected chi connectivity index (χ3v) is 8.65. The number of nitrogens with zero attached hydrogens (tertiary/aromatic N) is 2. The lowest BCUT2D eigenvalue weighted by Gasteiger charge is -2.14. The summed E-state index contributed by atoms with van der Waals surface area (Å²) in [5, 5.41) is 2.21. The van der Waals surface area contributed by atoms with E-state index in [1.165, 1.54) is 0 Å². The van der Waals surface area contributed by atoms with Gasteiger partial charge in [0.05, 0.1) is 0 Å². The van der Waals surface area contributed by atoms with Crippen LogP contribution < -0.4 is 9.47 Å². The fraction of sp³-hybridized carbons (Fsp3) is 0.0244. The van der Waals surface area contributed by atoms with Gasteiger partial charge < -0.3 is 13.9 Å². The third kappa shape index (κ3) is 4.49. The largest absolute Gasteiger partial charge is 0.457 e. The topological polar surface area (TPSA) is 57.4 Å². The summed E-state index contributed by atoms with van der Waals surface area (Å²) in [5.74, 6) is 1.55. The molecule has 0 unspecified atom stereocenters. The van der Waals surface area contributed by atoms with Crippen LogP contribution in [0.5, 0.6) is 11.5 Å². The Balaban J connectivity index is 1.17. The molecule has 0 bridgehead atoms. The van der Waals surface area contributed by atoms with Crippen LogP contribution in [0.4, 0.5) is 0 Å². The Hall–Kier alpha value is -6.20. The van der Waals surface area contributed by atoms with Crippen molar-refractivity contribution in [3.63, 3.8) is 0 Å². The summed E-state index contributed by atoms with van der Waals surface area (Å²) in [6.45, 7) is 0.124. The van der Waals surface area contributed by atoms with E-state index >= 15 is 0 Å². The Bertz CT molecular complexity index is 2340. The van der Waals surface area contributed by atoms with Crippen molar-refractivity contribution in [2.45, 2.75) is 0 Å². The van der Waals surface area contributed by atoms with Gasteiger partial charge in [-0.2, -0.15) is 0 Å². The van der Waals surface area contributed by atoms with Crippen LogP contribution in [0, 0.1) is 0 Å². The monoisotopic (exact) mass is 594 g/mol. The normalized spacial score (nSPS) is 12.2. The number of aromatic nitrogens is 2. The molecule has 3 aromatic heterocycles. The van der Waals surface area contributed by atoms with Crippen LogP contribution in [0.1, 0.15) is 0 Å². The summed E-state index contributed by atoms with van der Waals surface area (Å²) >= 11 is 0. The van der Waals surface area contributed by atoms with E-state index in [1.807, 2.05) is 48.8 Å². The van der Waals surface area contributed by atoms with Gasteiger partial charge in [0.25, 0.3) is 0 Å². The van der Waals surface area contributed by atoms with E-state index in [-0.39, 0.29) is 6.79 Å². The Morgan fingerprint density at radius 3 is 1.89 bits per heavy atom. The number of hydrogen-bond acceptors (Lipinski definition) is 5. The lowest BCUT2D eigenvalue weighted by molar-refractivity contribution is 0.125. The second kappa shape index (κ2) is 10.8. The zero-order valence-electron chi connectivity index (χ0n) is 24.7. The number of ether oxygens (including phenoxy) is 2. The van der Waals surface area contributed by atoms with Crippen LogP contribution in [0.2, 0.25) is 0 Å². The molecule has 0 saturated carbocycles. The van der Waals surface area contributed by atoms with Gasteiger partial charge in [0, 0.05) is 63.4 Å². The van der Waals surface area contributed by atoms with Gasteiger partial charge in [-0.1, -0.05) is 60.7 Å². The Morgan fingerprint density at radius 1 is 0.435 bits per heavy atom. The number of pyridine rings is 2. The fourth-order valence-electron chi connectivity index (χ4n) is 6.40. The van der Waals surface area contributed by atoms with E-state index < -0.39 is 0 Å². The molecule has 218 valence electrons. The van der Waals surface area contributed by atoms with Crippen molar-refractivity contribution in [2.75, 3.05) is 6.79 Å². The fourth-order valence-corrected chi connectivity index (χ4v) is 6.40. The van der Waals surface area contributed by atoms with E-state index in [4.69, 9.17) is 13.9 Å². The van der Waals surface area contributed by atoms with Crippen LogP contribution in [-0.2, 0) is 0 Å². The highest BCUT2D eigenvalue weighted by Crippen LogP contribution is 2.45. The van der Waals surface area contributed by atoms with Gasteiger partial charge >= 0.3 is 0 Å². The lowest BCUT2D eigenvalue weighted by atomic mass is 9.92. The maximum Gasteiger partial charge on any atom is 0.230 e. The highest BCUT2D eigenvalue weighted by atomic mass is 16.7. The Kier molecular flexibility index (Phi) is 6.13. The van der Waals surface area contributed by atoms with Crippen molar-refractivity contribution < 1.29 is 13.9 Å². The molecule has 8 aromatic rings. The van der Waals surface area contributed by atoms with Gasteiger partial charge in [-0.15, -0.1) is 0 Å². The number of furan rings is 1. The van der Waals surface area contributed by atoms with Gasteiger partial charge in [0.2, 0.25) is 6.79 Å². The number of benzene rings is 5. The number of rotatable bonds is 4. The van der Waals surface area contributed by atoms with E-state index in [0.29, 0.717) is 0 Å². The van der Waals surface area contributed by atoms with Crippen molar-refractivity contribution in [3.05, 3.63) is 146 Å². The molecule has 0 fully saturated rings. The second-order valence-corrected chi connectivity index (χ2v) is 11.4.